The molecule has 1 aliphatic rings. The van der Waals surface area contributed by atoms with Crippen LogP contribution in [-0.2, 0) is 12.7 Å². The Morgan fingerprint density at radius 1 is 1.12 bits per heavy atom. The first-order valence-electron chi connectivity index (χ1n) is 10.6. The fourth-order valence-corrected chi connectivity index (χ4v) is 4.06. The van der Waals surface area contributed by atoms with E-state index >= 15 is 0 Å². The number of likely N-dealkylation sites (tertiary alicyclic amines) is 1. The standard InChI is InChI=1S/C24H24F3NO4/c1-14-3-5-16(6-4-14)31-22-20(30)17-7-8-19(29)18(13-28-11-9-15(2)10-12-28)21(17)32-23(22)24(25,26)27/h3-8,15,29H,9-13H2,1-2H3/p+1. The van der Waals surface area contributed by atoms with Gasteiger partial charge in [0, 0.05) is 0 Å². The number of piperidine rings is 1. The van der Waals surface area contributed by atoms with Crippen LogP contribution in [0.1, 0.15) is 36.7 Å². The van der Waals surface area contributed by atoms with E-state index in [0.29, 0.717) is 5.92 Å². The predicted octanol–water partition coefficient (Wildman–Crippen LogP) is 4.43. The van der Waals surface area contributed by atoms with Crippen LogP contribution in [0, 0.1) is 12.8 Å². The summed E-state index contributed by atoms with van der Waals surface area (Å²) in [6.45, 7) is 5.93. The van der Waals surface area contributed by atoms with E-state index in [-0.39, 0.29) is 34.6 Å². The van der Waals surface area contributed by atoms with Gasteiger partial charge in [-0.15, -0.1) is 0 Å². The van der Waals surface area contributed by atoms with Crippen molar-refractivity contribution in [1.82, 2.24) is 0 Å². The van der Waals surface area contributed by atoms with Crippen LogP contribution in [0.4, 0.5) is 13.2 Å². The molecule has 0 spiro atoms. The lowest BCUT2D eigenvalue weighted by Crippen LogP contribution is -3.11. The molecule has 3 aromatic rings. The summed E-state index contributed by atoms with van der Waals surface area (Å²) < 4.78 is 52.3. The maximum absolute atomic E-state index is 13.9. The fourth-order valence-electron chi connectivity index (χ4n) is 4.06. The summed E-state index contributed by atoms with van der Waals surface area (Å²) >= 11 is 0. The van der Waals surface area contributed by atoms with Gasteiger partial charge < -0.3 is 19.2 Å². The van der Waals surface area contributed by atoms with Gasteiger partial charge in [0.2, 0.25) is 11.2 Å². The van der Waals surface area contributed by atoms with E-state index < -0.39 is 23.1 Å². The molecule has 170 valence electrons. The molecular formula is C24H25F3NO4+. The Morgan fingerprint density at radius 3 is 2.41 bits per heavy atom. The van der Waals surface area contributed by atoms with E-state index in [2.05, 4.69) is 6.92 Å². The van der Waals surface area contributed by atoms with Crippen LogP contribution in [-0.4, -0.2) is 18.2 Å². The molecule has 0 radical (unpaired) electrons. The number of benzene rings is 2. The van der Waals surface area contributed by atoms with Crippen LogP contribution in [0.3, 0.4) is 0 Å². The first kappa shape index (κ1) is 22.2. The smallest absolute Gasteiger partial charge is 0.453 e. The van der Waals surface area contributed by atoms with Crippen LogP contribution in [0.15, 0.2) is 45.6 Å². The average molecular weight is 448 g/mol. The van der Waals surface area contributed by atoms with Crippen molar-refractivity contribution in [1.29, 1.82) is 0 Å². The van der Waals surface area contributed by atoms with Gasteiger partial charge in [-0.2, -0.15) is 13.2 Å². The monoisotopic (exact) mass is 448 g/mol. The molecule has 32 heavy (non-hydrogen) atoms. The van der Waals surface area contributed by atoms with E-state index in [9.17, 15) is 23.1 Å². The predicted molar refractivity (Wildman–Crippen MR) is 113 cm³/mol. The Morgan fingerprint density at radius 2 is 1.78 bits per heavy atom. The second-order valence-electron chi connectivity index (χ2n) is 8.55. The molecule has 0 unspecified atom stereocenters. The molecule has 1 fully saturated rings. The van der Waals surface area contributed by atoms with Gasteiger partial charge in [0.15, 0.2) is 5.58 Å². The highest BCUT2D eigenvalue weighted by Gasteiger charge is 2.41. The molecular weight excluding hydrogens is 423 g/mol. The van der Waals surface area contributed by atoms with Gasteiger partial charge in [-0.05, 0) is 49.9 Å². The molecule has 1 aliphatic heterocycles. The minimum atomic E-state index is -4.95. The minimum absolute atomic E-state index is 0.0577. The fraction of sp³-hybridized carbons (Fsp3) is 0.375. The van der Waals surface area contributed by atoms with E-state index in [1.807, 2.05) is 6.92 Å². The summed E-state index contributed by atoms with van der Waals surface area (Å²) in [6.07, 6.45) is -2.97. The third-order valence-corrected chi connectivity index (χ3v) is 6.00. The molecule has 0 aliphatic carbocycles. The summed E-state index contributed by atoms with van der Waals surface area (Å²) in [5, 5.41) is 10.4. The number of halogens is 3. The highest BCUT2D eigenvalue weighted by Crippen LogP contribution is 2.39. The molecule has 2 aromatic carbocycles. The van der Waals surface area contributed by atoms with Crippen molar-refractivity contribution in [3.05, 3.63) is 63.5 Å². The Kier molecular flexibility index (Phi) is 5.90. The molecule has 0 amide bonds. The lowest BCUT2D eigenvalue weighted by Gasteiger charge is -2.27. The summed E-state index contributed by atoms with van der Waals surface area (Å²) in [5.74, 6) is -1.92. The summed E-state index contributed by atoms with van der Waals surface area (Å²) in [7, 11) is 0. The second kappa shape index (κ2) is 8.50. The molecule has 1 saturated heterocycles. The zero-order valence-electron chi connectivity index (χ0n) is 17.9. The number of phenols is 1. The molecule has 0 atom stereocenters. The van der Waals surface area contributed by atoms with E-state index in [0.717, 1.165) is 36.4 Å². The highest BCUT2D eigenvalue weighted by atomic mass is 19.4. The SMILES string of the molecule is Cc1ccc(Oc2c(C(F)(F)F)oc3c(C[NH+]4CCC(C)CC4)c(O)ccc3c2=O)cc1. The first-order valence-corrected chi connectivity index (χ1v) is 10.6. The average Bonchev–Trinajstić information content (AvgIpc) is 2.74. The molecule has 5 nitrogen and oxygen atoms in total. The molecule has 4 rings (SSSR count). The van der Waals surface area contributed by atoms with Gasteiger partial charge in [0.05, 0.1) is 24.0 Å². The van der Waals surface area contributed by atoms with Crippen molar-refractivity contribution < 1.29 is 32.3 Å². The number of hydrogen-bond acceptors (Lipinski definition) is 4. The number of alkyl halides is 3. The zero-order chi connectivity index (χ0) is 23.0. The third-order valence-electron chi connectivity index (χ3n) is 6.00. The van der Waals surface area contributed by atoms with Crippen molar-refractivity contribution in [3.63, 3.8) is 0 Å². The quantitative estimate of drug-likeness (QED) is 0.620. The van der Waals surface area contributed by atoms with Crippen molar-refractivity contribution in [2.24, 2.45) is 5.92 Å². The number of fused-ring (bicyclic) bond motifs is 1. The Balaban J connectivity index is 1.83. The number of ether oxygens (including phenoxy) is 1. The van der Waals surface area contributed by atoms with Crippen LogP contribution >= 0.6 is 0 Å². The lowest BCUT2D eigenvalue weighted by atomic mass is 9.98. The summed E-state index contributed by atoms with van der Waals surface area (Å²) in [5.41, 5.74) is -0.0717. The highest BCUT2D eigenvalue weighted by molar-refractivity contribution is 5.83. The zero-order valence-corrected chi connectivity index (χ0v) is 17.9. The van der Waals surface area contributed by atoms with Gasteiger partial charge >= 0.3 is 6.18 Å². The van der Waals surface area contributed by atoms with Crippen LogP contribution in [0.25, 0.3) is 11.0 Å². The second-order valence-corrected chi connectivity index (χ2v) is 8.55. The number of rotatable bonds is 4. The third kappa shape index (κ3) is 4.46. The van der Waals surface area contributed by atoms with Gasteiger partial charge in [-0.3, -0.25) is 4.79 Å². The van der Waals surface area contributed by atoms with Crippen molar-refractivity contribution in [3.8, 4) is 17.2 Å². The van der Waals surface area contributed by atoms with Crippen molar-refractivity contribution in [2.75, 3.05) is 13.1 Å². The number of aryl methyl sites for hydroxylation is 1. The first-order chi connectivity index (χ1) is 15.1. The Bertz CT molecular complexity index is 1180. The maximum Gasteiger partial charge on any atom is 0.453 e. The summed E-state index contributed by atoms with van der Waals surface area (Å²) in [6, 6.07) is 8.91. The van der Waals surface area contributed by atoms with Crippen LogP contribution in [0.2, 0.25) is 0 Å². The summed E-state index contributed by atoms with van der Waals surface area (Å²) in [4.78, 5) is 14.2. The number of phenolic OH excluding ortho intramolecular Hbond substituents is 1. The lowest BCUT2D eigenvalue weighted by molar-refractivity contribution is -0.919. The van der Waals surface area contributed by atoms with E-state index in [4.69, 9.17) is 9.15 Å². The molecule has 8 heteroatoms. The minimum Gasteiger partial charge on any atom is -0.507 e. The Hall–Kier alpha value is -3.00. The van der Waals surface area contributed by atoms with Gasteiger partial charge in [0.1, 0.15) is 18.0 Å². The molecule has 1 aromatic heterocycles. The molecule has 2 N–H and O–H groups in total. The van der Waals surface area contributed by atoms with E-state index in [1.165, 1.54) is 24.3 Å². The molecule has 2 heterocycles. The topological polar surface area (TPSA) is 64.1 Å². The maximum atomic E-state index is 13.9. The normalized spacial score (nSPS) is 19.3. The molecule has 0 saturated carbocycles. The number of nitrogens with one attached hydrogen (secondary N) is 1. The van der Waals surface area contributed by atoms with Gasteiger partial charge in [0.25, 0.3) is 5.76 Å². The number of quaternary nitrogens is 1. The van der Waals surface area contributed by atoms with Crippen molar-refractivity contribution in [2.45, 2.75) is 39.4 Å². The van der Waals surface area contributed by atoms with E-state index in [1.54, 1.807) is 12.1 Å². The number of aromatic hydroxyl groups is 1. The molecule has 0 bridgehead atoms. The largest absolute Gasteiger partial charge is 0.507 e. The Labute approximate surface area is 183 Å². The van der Waals surface area contributed by atoms with Gasteiger partial charge in [-0.1, -0.05) is 24.6 Å². The van der Waals surface area contributed by atoms with Crippen LogP contribution < -0.4 is 15.1 Å². The van der Waals surface area contributed by atoms with Crippen LogP contribution in [0.5, 0.6) is 17.2 Å². The van der Waals surface area contributed by atoms with Crippen molar-refractivity contribution >= 4 is 11.0 Å². The van der Waals surface area contributed by atoms with Gasteiger partial charge in [-0.25, -0.2) is 0 Å². The number of hydrogen-bond donors (Lipinski definition) is 2.